The van der Waals surface area contributed by atoms with Crippen LogP contribution in [0.25, 0.3) is 0 Å². The third-order valence-electron chi connectivity index (χ3n) is 2.56. The van der Waals surface area contributed by atoms with Gasteiger partial charge in [-0.1, -0.05) is 12.1 Å². The Labute approximate surface area is 118 Å². The van der Waals surface area contributed by atoms with Gasteiger partial charge in [0.1, 0.15) is 18.2 Å². The maximum atomic E-state index is 13.3. The van der Waals surface area contributed by atoms with Crippen molar-refractivity contribution in [1.29, 1.82) is 0 Å². The van der Waals surface area contributed by atoms with Crippen LogP contribution >= 0.6 is 15.9 Å². The van der Waals surface area contributed by atoms with Crippen LogP contribution in [0.2, 0.25) is 0 Å². The van der Waals surface area contributed by atoms with E-state index in [1.54, 1.807) is 36.4 Å². The number of halogens is 2. The van der Waals surface area contributed by atoms with Crippen LogP contribution in [0, 0.1) is 5.82 Å². The van der Waals surface area contributed by atoms with Crippen molar-refractivity contribution in [2.45, 2.75) is 6.61 Å². The molecule has 0 aliphatic rings. The lowest BCUT2D eigenvalue weighted by Gasteiger charge is -2.08. The van der Waals surface area contributed by atoms with E-state index in [1.807, 2.05) is 0 Å². The molecule has 0 fully saturated rings. The van der Waals surface area contributed by atoms with Crippen LogP contribution in [0.1, 0.15) is 15.9 Å². The molecule has 0 unspecified atom stereocenters. The fraction of sp³-hybridized carbons (Fsp3) is 0.0714. The molecule has 1 amide bonds. The number of hydrogen-bond acceptors (Lipinski definition) is 2. The highest BCUT2D eigenvalue weighted by atomic mass is 79.9. The van der Waals surface area contributed by atoms with Gasteiger partial charge in [-0.15, -0.1) is 0 Å². The van der Waals surface area contributed by atoms with E-state index in [0.29, 0.717) is 21.3 Å². The lowest BCUT2D eigenvalue weighted by Crippen LogP contribution is -2.10. The summed E-state index contributed by atoms with van der Waals surface area (Å²) in [5.41, 5.74) is 6.26. The average Bonchev–Trinajstić information content (AvgIpc) is 2.41. The smallest absolute Gasteiger partial charge is 0.248 e. The molecule has 2 N–H and O–H groups in total. The van der Waals surface area contributed by atoms with Crippen molar-refractivity contribution in [3.63, 3.8) is 0 Å². The van der Waals surface area contributed by atoms with E-state index in [-0.39, 0.29) is 12.4 Å². The molecular formula is C14H11BrFNO2. The number of nitrogens with two attached hydrogens (primary N) is 1. The monoisotopic (exact) mass is 323 g/mol. The number of rotatable bonds is 4. The molecule has 0 saturated heterocycles. The summed E-state index contributed by atoms with van der Waals surface area (Å²) in [7, 11) is 0. The zero-order valence-corrected chi connectivity index (χ0v) is 11.5. The van der Waals surface area contributed by atoms with E-state index < -0.39 is 5.91 Å². The zero-order chi connectivity index (χ0) is 13.8. The molecule has 19 heavy (non-hydrogen) atoms. The molecule has 0 saturated carbocycles. The summed E-state index contributed by atoms with van der Waals surface area (Å²) in [6.07, 6.45) is 0. The Bertz CT molecular complexity index is 599. The minimum absolute atomic E-state index is 0.230. The van der Waals surface area contributed by atoms with E-state index in [1.165, 1.54) is 6.07 Å². The molecule has 3 nitrogen and oxygen atoms in total. The standard InChI is InChI=1S/C14H11BrFNO2/c15-13-10(2-1-3-12(13)16)8-19-11-6-4-9(5-7-11)14(17)18/h1-7H,8H2,(H2,17,18). The van der Waals surface area contributed by atoms with Crippen LogP contribution in [0.4, 0.5) is 4.39 Å². The molecule has 0 aliphatic heterocycles. The summed E-state index contributed by atoms with van der Waals surface area (Å²) < 4.78 is 19.2. The first-order valence-corrected chi connectivity index (χ1v) is 6.33. The molecule has 0 aliphatic carbocycles. The van der Waals surface area contributed by atoms with Crippen molar-refractivity contribution < 1.29 is 13.9 Å². The van der Waals surface area contributed by atoms with Gasteiger partial charge in [0.05, 0.1) is 4.47 Å². The summed E-state index contributed by atoms with van der Waals surface area (Å²) in [5, 5.41) is 0. The number of carbonyl (C=O) groups is 1. The highest BCUT2D eigenvalue weighted by Gasteiger charge is 2.06. The Hall–Kier alpha value is -1.88. The number of primary amides is 1. The number of carbonyl (C=O) groups excluding carboxylic acids is 1. The molecule has 98 valence electrons. The molecule has 2 rings (SSSR count). The van der Waals surface area contributed by atoms with Gasteiger partial charge in [-0.2, -0.15) is 0 Å². The molecule has 0 heterocycles. The van der Waals surface area contributed by atoms with Crippen LogP contribution in [0.15, 0.2) is 46.9 Å². The molecule has 2 aromatic carbocycles. The predicted molar refractivity (Wildman–Crippen MR) is 73.4 cm³/mol. The first-order valence-electron chi connectivity index (χ1n) is 5.53. The van der Waals surface area contributed by atoms with Gasteiger partial charge in [-0.05, 0) is 46.3 Å². The Morgan fingerprint density at radius 3 is 2.53 bits per heavy atom. The van der Waals surface area contributed by atoms with Crippen LogP contribution < -0.4 is 10.5 Å². The van der Waals surface area contributed by atoms with E-state index in [2.05, 4.69) is 15.9 Å². The molecule has 5 heteroatoms. The van der Waals surface area contributed by atoms with Gasteiger partial charge in [0.15, 0.2) is 0 Å². The van der Waals surface area contributed by atoms with Gasteiger partial charge in [0.2, 0.25) is 5.91 Å². The van der Waals surface area contributed by atoms with E-state index >= 15 is 0 Å². The third kappa shape index (κ3) is 3.32. The molecule has 0 spiro atoms. The van der Waals surface area contributed by atoms with Gasteiger partial charge < -0.3 is 10.5 Å². The van der Waals surface area contributed by atoms with Crippen LogP contribution in [0.5, 0.6) is 5.75 Å². The second kappa shape index (κ2) is 5.84. The van der Waals surface area contributed by atoms with Crippen molar-refractivity contribution in [3.8, 4) is 5.75 Å². The largest absolute Gasteiger partial charge is 0.489 e. The second-order valence-corrected chi connectivity index (χ2v) is 4.68. The normalized spacial score (nSPS) is 10.2. The summed E-state index contributed by atoms with van der Waals surface area (Å²) in [5.74, 6) is -0.231. The topological polar surface area (TPSA) is 52.3 Å². The highest BCUT2D eigenvalue weighted by molar-refractivity contribution is 9.10. The minimum atomic E-state index is -0.487. The first kappa shape index (κ1) is 13.5. The Morgan fingerprint density at radius 1 is 1.21 bits per heavy atom. The number of hydrogen-bond donors (Lipinski definition) is 1. The van der Waals surface area contributed by atoms with Gasteiger partial charge in [-0.3, -0.25) is 4.79 Å². The van der Waals surface area contributed by atoms with E-state index in [9.17, 15) is 9.18 Å². The fourth-order valence-corrected chi connectivity index (χ4v) is 1.92. The Morgan fingerprint density at radius 2 is 1.89 bits per heavy atom. The van der Waals surface area contributed by atoms with Gasteiger partial charge in [0.25, 0.3) is 0 Å². The summed E-state index contributed by atoms with van der Waals surface area (Å²) >= 11 is 3.17. The van der Waals surface area contributed by atoms with Gasteiger partial charge in [-0.25, -0.2) is 4.39 Å². The van der Waals surface area contributed by atoms with Crippen molar-refractivity contribution in [1.82, 2.24) is 0 Å². The summed E-state index contributed by atoms with van der Waals surface area (Å²) in [6, 6.07) is 11.2. The van der Waals surface area contributed by atoms with Crippen molar-refractivity contribution >= 4 is 21.8 Å². The second-order valence-electron chi connectivity index (χ2n) is 3.89. The van der Waals surface area contributed by atoms with Crippen molar-refractivity contribution in [3.05, 3.63) is 63.9 Å². The molecule has 2 aromatic rings. The molecule has 0 radical (unpaired) electrons. The molecule has 0 atom stereocenters. The third-order valence-corrected chi connectivity index (χ3v) is 3.45. The highest BCUT2D eigenvalue weighted by Crippen LogP contribution is 2.22. The Kier molecular flexibility index (Phi) is 4.16. The van der Waals surface area contributed by atoms with E-state index in [4.69, 9.17) is 10.5 Å². The number of amides is 1. The summed E-state index contributed by atoms with van der Waals surface area (Å²) in [6.45, 7) is 0.230. The van der Waals surface area contributed by atoms with Crippen LogP contribution in [0.3, 0.4) is 0 Å². The fourth-order valence-electron chi connectivity index (χ4n) is 1.54. The maximum Gasteiger partial charge on any atom is 0.248 e. The molecular weight excluding hydrogens is 313 g/mol. The number of ether oxygens (including phenoxy) is 1. The Balaban J connectivity index is 2.06. The average molecular weight is 324 g/mol. The van der Waals surface area contributed by atoms with Gasteiger partial charge in [0, 0.05) is 11.1 Å². The minimum Gasteiger partial charge on any atom is -0.489 e. The first-order chi connectivity index (χ1) is 9.08. The maximum absolute atomic E-state index is 13.3. The summed E-state index contributed by atoms with van der Waals surface area (Å²) in [4.78, 5) is 10.9. The lowest BCUT2D eigenvalue weighted by molar-refractivity contribution is 0.100. The predicted octanol–water partition coefficient (Wildman–Crippen LogP) is 3.27. The van der Waals surface area contributed by atoms with Crippen molar-refractivity contribution in [2.75, 3.05) is 0 Å². The van der Waals surface area contributed by atoms with Gasteiger partial charge >= 0.3 is 0 Å². The zero-order valence-electron chi connectivity index (χ0n) is 9.90. The lowest BCUT2D eigenvalue weighted by atomic mass is 10.2. The van der Waals surface area contributed by atoms with Crippen LogP contribution in [-0.4, -0.2) is 5.91 Å². The molecule has 0 bridgehead atoms. The molecule has 0 aromatic heterocycles. The van der Waals surface area contributed by atoms with E-state index in [0.717, 1.165) is 0 Å². The quantitative estimate of drug-likeness (QED) is 0.938. The number of benzene rings is 2. The van der Waals surface area contributed by atoms with Crippen LogP contribution in [-0.2, 0) is 6.61 Å². The SMILES string of the molecule is NC(=O)c1ccc(OCc2cccc(F)c2Br)cc1. The van der Waals surface area contributed by atoms with Crippen molar-refractivity contribution in [2.24, 2.45) is 5.73 Å².